The molecule has 1 aliphatic heterocycles. The Labute approximate surface area is 520 Å². The van der Waals surface area contributed by atoms with Gasteiger partial charge in [-0.05, 0) is 108 Å². The number of unbranched alkanes of at least 4 members (excludes halogenated alkanes) is 21. The summed E-state index contributed by atoms with van der Waals surface area (Å²) in [6.45, 7) is 7.70. The van der Waals surface area contributed by atoms with Gasteiger partial charge in [0.05, 0.1) is 37.0 Å². The first-order chi connectivity index (χ1) is 41.9. The standard InChI is InChI=1S/C70H110O17/c1-5-8-10-11-26-34-43-57(60(69(81)82)50-63(73)74)44-36-28-23-24-31-39-47-66(77)86-58(53-85-65(76)46-38-30-22-18-14-16-20-27-35-42-56(41-32-9-6-2)59(68(79)80)49-62(71)72)52-84-64(75)45-37-29-21-17-13-12-15-19-25-33-40-54(4)48-55(7-3)61-51-67(78)87-70(61)83/h15,19-20,27,33,35-36,40,42,44,48,55-61H,5-14,16-18,21-26,28-32,34,37-39,41,43,45-47,49-53H2,1-4H3,(H,71,72)(H,73,74)(H,79,80)(H,81,82)/b19-15-,27-20-,40-33-,42-35+,44-36+,54-48+. The molecule has 0 aromatic rings. The van der Waals surface area contributed by atoms with Crippen LogP contribution in [-0.4, -0.2) is 93.5 Å². The summed E-state index contributed by atoms with van der Waals surface area (Å²) < 4.78 is 21.5. The third-order valence-corrected chi connectivity index (χ3v) is 15.8. The number of allylic oxidation sites excluding steroid dienone is 12. The highest BCUT2D eigenvalue weighted by Crippen LogP contribution is 2.30. The first-order valence-corrected chi connectivity index (χ1v) is 33.1. The molecule has 0 radical (unpaired) electrons. The second kappa shape index (κ2) is 51.9. The number of carboxylic acid groups (broad SMARTS) is 4. The van der Waals surface area contributed by atoms with Gasteiger partial charge in [0.2, 0.25) is 0 Å². The van der Waals surface area contributed by atoms with Crippen LogP contribution in [0.2, 0.25) is 0 Å². The van der Waals surface area contributed by atoms with Crippen LogP contribution in [0.3, 0.4) is 0 Å². The van der Waals surface area contributed by atoms with E-state index in [4.69, 9.17) is 18.9 Å². The first-order valence-electron chi connectivity index (χ1n) is 33.1. The summed E-state index contributed by atoms with van der Waals surface area (Å²) >= 11 is 0. The summed E-state index contributed by atoms with van der Waals surface area (Å²) in [5.74, 6) is -9.82. The van der Waals surface area contributed by atoms with Gasteiger partial charge in [0, 0.05) is 19.3 Å². The SMILES string of the molecule is CCCCCCCCC(/C=C/CCCCCCC(=O)OC(COC(=O)CCCCCCC/C=C\C=C\C(CCCCC)C(CC(=O)O)C(=O)O)COC(=O)CCCCCCC/C=C\C/C=C\C(C)=C\C(CC)C1CC(=O)OC1=O)C(CC(=O)O)C(=O)O. The number of carbonyl (C=O) groups excluding carboxylic acids is 5. The molecule has 0 aliphatic carbocycles. The van der Waals surface area contributed by atoms with Crippen molar-refractivity contribution in [3.63, 3.8) is 0 Å². The van der Waals surface area contributed by atoms with Crippen LogP contribution >= 0.6 is 0 Å². The topological polar surface area (TPSA) is 271 Å². The highest BCUT2D eigenvalue weighted by Gasteiger charge is 2.37. The van der Waals surface area contributed by atoms with Crippen molar-refractivity contribution in [2.24, 2.45) is 35.5 Å². The van der Waals surface area contributed by atoms with E-state index in [0.29, 0.717) is 38.5 Å². The minimum Gasteiger partial charge on any atom is -0.481 e. The molecular weight excluding hydrogens is 1110 g/mol. The van der Waals surface area contributed by atoms with E-state index < -0.39 is 90.4 Å². The number of carboxylic acids is 4. The zero-order chi connectivity index (χ0) is 64.3. The summed E-state index contributed by atoms with van der Waals surface area (Å²) in [6, 6.07) is 0. The summed E-state index contributed by atoms with van der Waals surface area (Å²) in [5.41, 5.74) is 1.04. The van der Waals surface area contributed by atoms with Gasteiger partial charge in [-0.25, -0.2) is 0 Å². The Morgan fingerprint density at radius 1 is 0.529 bits per heavy atom. The van der Waals surface area contributed by atoms with Crippen LogP contribution < -0.4 is 0 Å². The Hall–Kier alpha value is -6.13. The van der Waals surface area contributed by atoms with E-state index in [1.807, 2.05) is 62.5 Å². The number of carbonyl (C=O) groups is 9. The summed E-state index contributed by atoms with van der Waals surface area (Å²) in [4.78, 5) is 109. The molecule has 1 rings (SSSR count). The normalized spacial score (nSPS) is 16.0. The highest BCUT2D eigenvalue weighted by atomic mass is 16.6. The molecule has 0 saturated carbocycles. The Morgan fingerprint density at radius 2 is 0.989 bits per heavy atom. The number of cyclic esters (lactones) is 2. The molecule has 1 saturated heterocycles. The third kappa shape index (κ3) is 42.4. The number of esters is 5. The van der Waals surface area contributed by atoms with Gasteiger partial charge in [0.15, 0.2) is 6.10 Å². The fourth-order valence-electron chi connectivity index (χ4n) is 10.7. The molecule has 7 unspecified atom stereocenters. The fraction of sp³-hybridized carbons (Fsp3) is 0.700. The first kappa shape index (κ1) is 78.9. The average Bonchev–Trinajstić information content (AvgIpc) is 3.21. The molecule has 17 heteroatoms. The minimum absolute atomic E-state index is 0.0345. The van der Waals surface area contributed by atoms with E-state index in [9.17, 15) is 63.6 Å². The van der Waals surface area contributed by atoms with Crippen LogP contribution in [0, 0.1) is 35.5 Å². The van der Waals surface area contributed by atoms with Crippen molar-refractivity contribution in [3.8, 4) is 0 Å². The molecule has 0 amide bonds. The molecule has 1 aliphatic rings. The molecule has 0 bridgehead atoms. The highest BCUT2D eigenvalue weighted by molar-refractivity contribution is 5.95. The number of aliphatic carboxylic acids is 4. The molecule has 87 heavy (non-hydrogen) atoms. The maximum absolute atomic E-state index is 13.1. The monoisotopic (exact) mass is 1220 g/mol. The van der Waals surface area contributed by atoms with Crippen LogP contribution in [-0.2, 0) is 62.1 Å². The molecule has 0 spiro atoms. The molecule has 1 fully saturated rings. The van der Waals surface area contributed by atoms with E-state index in [0.717, 1.165) is 160 Å². The van der Waals surface area contributed by atoms with E-state index >= 15 is 0 Å². The van der Waals surface area contributed by atoms with Crippen molar-refractivity contribution in [1.29, 1.82) is 0 Å². The number of rotatable bonds is 56. The quantitative estimate of drug-likeness (QED) is 0.0110. The van der Waals surface area contributed by atoms with Crippen molar-refractivity contribution in [2.45, 2.75) is 265 Å². The van der Waals surface area contributed by atoms with Gasteiger partial charge in [-0.15, -0.1) is 0 Å². The van der Waals surface area contributed by atoms with Gasteiger partial charge in [-0.3, -0.25) is 43.2 Å². The predicted octanol–water partition coefficient (Wildman–Crippen LogP) is 15.9. The predicted molar refractivity (Wildman–Crippen MR) is 337 cm³/mol. The zero-order valence-corrected chi connectivity index (χ0v) is 53.4. The molecule has 0 aromatic carbocycles. The van der Waals surface area contributed by atoms with Crippen molar-refractivity contribution in [2.75, 3.05) is 13.2 Å². The van der Waals surface area contributed by atoms with Gasteiger partial charge >= 0.3 is 53.7 Å². The van der Waals surface area contributed by atoms with Crippen LogP contribution in [0.15, 0.2) is 72.4 Å². The lowest BCUT2D eigenvalue weighted by Gasteiger charge is -2.20. The molecule has 17 nitrogen and oxygen atoms in total. The Morgan fingerprint density at radius 3 is 1.49 bits per heavy atom. The van der Waals surface area contributed by atoms with Crippen LogP contribution in [0.25, 0.3) is 0 Å². The second-order valence-corrected chi connectivity index (χ2v) is 23.4. The van der Waals surface area contributed by atoms with Gasteiger partial charge in [0.1, 0.15) is 13.2 Å². The Balaban J connectivity index is 2.65. The maximum atomic E-state index is 13.1. The van der Waals surface area contributed by atoms with Crippen molar-refractivity contribution in [1.82, 2.24) is 0 Å². The Bertz CT molecular complexity index is 2170. The molecular formula is C70H110O17. The van der Waals surface area contributed by atoms with Crippen molar-refractivity contribution in [3.05, 3.63) is 72.4 Å². The molecule has 492 valence electrons. The lowest BCUT2D eigenvalue weighted by molar-refractivity contribution is -0.167. The Kier molecular flexibility index (Phi) is 47.0. The van der Waals surface area contributed by atoms with Crippen molar-refractivity contribution >= 4 is 53.7 Å². The largest absolute Gasteiger partial charge is 0.481 e. The van der Waals surface area contributed by atoms with Gasteiger partial charge in [-0.2, -0.15) is 0 Å². The summed E-state index contributed by atoms with van der Waals surface area (Å²) in [7, 11) is 0. The van der Waals surface area contributed by atoms with Crippen LogP contribution in [0.4, 0.5) is 0 Å². The lowest BCUT2D eigenvalue weighted by Crippen LogP contribution is -2.30. The number of hydrogen-bond donors (Lipinski definition) is 4. The molecule has 0 aromatic heterocycles. The van der Waals surface area contributed by atoms with E-state index in [-0.39, 0.29) is 56.7 Å². The van der Waals surface area contributed by atoms with E-state index in [1.54, 1.807) is 0 Å². The lowest BCUT2D eigenvalue weighted by atomic mass is 9.84. The van der Waals surface area contributed by atoms with E-state index in [2.05, 4.69) is 32.1 Å². The van der Waals surface area contributed by atoms with Crippen molar-refractivity contribution < 1.29 is 82.5 Å². The molecule has 7 atom stereocenters. The summed E-state index contributed by atoms with van der Waals surface area (Å²) in [6.07, 6.45) is 46.5. The zero-order valence-electron chi connectivity index (χ0n) is 53.4. The minimum atomic E-state index is -1.13. The molecule has 4 N–H and O–H groups in total. The summed E-state index contributed by atoms with van der Waals surface area (Å²) in [5, 5.41) is 38.1. The average molecular weight is 1220 g/mol. The van der Waals surface area contributed by atoms with Crippen LogP contribution in [0.5, 0.6) is 0 Å². The second-order valence-electron chi connectivity index (χ2n) is 23.4. The fourth-order valence-corrected chi connectivity index (χ4v) is 10.7. The van der Waals surface area contributed by atoms with Crippen LogP contribution in [0.1, 0.15) is 259 Å². The number of hydrogen-bond acceptors (Lipinski definition) is 13. The van der Waals surface area contributed by atoms with Gasteiger partial charge in [0.25, 0.3) is 0 Å². The third-order valence-electron chi connectivity index (χ3n) is 15.8. The smallest absolute Gasteiger partial charge is 0.317 e. The maximum Gasteiger partial charge on any atom is 0.317 e. The number of ether oxygens (including phenoxy) is 4. The van der Waals surface area contributed by atoms with Gasteiger partial charge in [-0.1, -0.05) is 202 Å². The van der Waals surface area contributed by atoms with E-state index in [1.165, 1.54) is 0 Å². The van der Waals surface area contributed by atoms with Gasteiger partial charge < -0.3 is 39.4 Å². The molecule has 1 heterocycles.